The topological polar surface area (TPSA) is 24.9 Å². The number of hydrogen-bond acceptors (Lipinski definition) is 3. The Labute approximate surface area is 114 Å². The number of aromatic nitrogens is 1. The lowest BCUT2D eigenvalue weighted by molar-refractivity contribution is 0.578. The molecule has 90 valence electrons. The minimum atomic E-state index is 0.343. The number of thiazole rings is 1. The molecule has 0 spiro atoms. The van der Waals surface area contributed by atoms with Crippen molar-refractivity contribution in [2.75, 3.05) is 0 Å². The van der Waals surface area contributed by atoms with E-state index in [9.17, 15) is 0 Å². The van der Waals surface area contributed by atoms with Gasteiger partial charge in [0.15, 0.2) is 0 Å². The first-order valence-electron chi connectivity index (χ1n) is 5.55. The smallest absolute Gasteiger partial charge is 0.0897 e. The molecule has 1 heterocycles. The van der Waals surface area contributed by atoms with Crippen molar-refractivity contribution in [1.29, 1.82) is 0 Å². The molecule has 0 unspecified atom stereocenters. The molecule has 0 amide bonds. The summed E-state index contributed by atoms with van der Waals surface area (Å²) >= 11 is 5.24. The van der Waals surface area contributed by atoms with Gasteiger partial charge in [-0.05, 0) is 31.5 Å². The minimum Gasteiger partial charge on any atom is -0.305 e. The molecule has 0 radical (unpaired) electrons. The monoisotopic (exact) mass is 310 g/mol. The molecule has 0 aliphatic heterocycles. The van der Waals surface area contributed by atoms with E-state index in [1.54, 1.807) is 11.3 Å². The van der Waals surface area contributed by atoms with Crippen LogP contribution in [-0.4, -0.2) is 4.98 Å². The molecule has 2 nitrogen and oxygen atoms in total. The Kier molecular flexibility index (Phi) is 4.31. The van der Waals surface area contributed by atoms with E-state index < -0.39 is 0 Å². The molecule has 0 bridgehead atoms. The lowest BCUT2D eigenvalue weighted by Gasteiger charge is -2.13. The van der Waals surface area contributed by atoms with Crippen LogP contribution in [0.2, 0.25) is 0 Å². The fourth-order valence-corrected chi connectivity index (χ4v) is 2.80. The lowest BCUT2D eigenvalue weighted by atomic mass is 10.1. The summed E-state index contributed by atoms with van der Waals surface area (Å²) < 4.78 is 1.12. The summed E-state index contributed by atoms with van der Waals surface area (Å²) in [5, 5.41) is 4.63. The third kappa shape index (κ3) is 3.63. The third-order valence-electron chi connectivity index (χ3n) is 2.60. The van der Waals surface area contributed by atoms with Crippen LogP contribution in [-0.2, 0) is 6.54 Å². The Bertz CT molecular complexity index is 496. The summed E-state index contributed by atoms with van der Waals surface area (Å²) in [6.07, 6.45) is 1.95. The molecule has 0 saturated carbocycles. The van der Waals surface area contributed by atoms with Crippen LogP contribution in [0.15, 0.2) is 34.9 Å². The largest absolute Gasteiger partial charge is 0.305 e. The number of hydrogen-bond donors (Lipinski definition) is 1. The molecule has 1 N–H and O–H groups in total. The molecular formula is C13H15BrN2S. The second kappa shape index (κ2) is 5.76. The molecule has 1 atom stereocenters. The van der Waals surface area contributed by atoms with Gasteiger partial charge in [0, 0.05) is 28.1 Å². The van der Waals surface area contributed by atoms with Crippen LogP contribution in [0.25, 0.3) is 0 Å². The number of halogens is 1. The predicted molar refractivity (Wildman–Crippen MR) is 76.2 cm³/mol. The first-order valence-corrected chi connectivity index (χ1v) is 7.16. The van der Waals surface area contributed by atoms with E-state index in [4.69, 9.17) is 0 Å². The number of nitrogens with one attached hydrogen (secondary N) is 1. The van der Waals surface area contributed by atoms with Crippen LogP contribution in [0.4, 0.5) is 0 Å². The van der Waals surface area contributed by atoms with E-state index in [2.05, 4.69) is 51.4 Å². The van der Waals surface area contributed by atoms with Gasteiger partial charge in [0.25, 0.3) is 0 Å². The standard InChI is InChI=1S/C13H15BrN2S/c1-9(11-4-3-5-12(14)6-11)15-7-13-8-16-10(2)17-13/h3-6,8-9,15H,7H2,1-2H3/t9-/m0/s1. The van der Waals surface area contributed by atoms with Crippen LogP contribution >= 0.6 is 27.3 Å². The van der Waals surface area contributed by atoms with Gasteiger partial charge >= 0.3 is 0 Å². The van der Waals surface area contributed by atoms with Gasteiger partial charge in [0.05, 0.1) is 5.01 Å². The Morgan fingerprint density at radius 3 is 2.94 bits per heavy atom. The number of benzene rings is 1. The molecule has 2 rings (SSSR count). The van der Waals surface area contributed by atoms with Crippen molar-refractivity contribution in [2.45, 2.75) is 26.4 Å². The fourth-order valence-electron chi connectivity index (χ4n) is 1.63. The first kappa shape index (κ1) is 12.7. The van der Waals surface area contributed by atoms with Crippen molar-refractivity contribution in [1.82, 2.24) is 10.3 Å². The van der Waals surface area contributed by atoms with Crippen molar-refractivity contribution in [3.63, 3.8) is 0 Å². The molecule has 1 aromatic heterocycles. The Morgan fingerprint density at radius 1 is 1.47 bits per heavy atom. The van der Waals surface area contributed by atoms with Crippen molar-refractivity contribution < 1.29 is 0 Å². The van der Waals surface area contributed by atoms with Gasteiger partial charge in [-0.3, -0.25) is 0 Å². The summed E-state index contributed by atoms with van der Waals surface area (Å²) in [6, 6.07) is 8.74. The van der Waals surface area contributed by atoms with Crippen molar-refractivity contribution in [3.05, 3.63) is 50.4 Å². The minimum absolute atomic E-state index is 0.343. The van der Waals surface area contributed by atoms with Gasteiger partial charge in [0.2, 0.25) is 0 Å². The van der Waals surface area contributed by atoms with Gasteiger partial charge in [-0.1, -0.05) is 28.1 Å². The Balaban J connectivity index is 1.95. The molecule has 2 aromatic rings. The SMILES string of the molecule is Cc1ncc(CN[C@@H](C)c2cccc(Br)c2)s1. The Hall–Kier alpha value is -0.710. The second-order valence-electron chi connectivity index (χ2n) is 4.00. The van der Waals surface area contributed by atoms with Gasteiger partial charge in [-0.2, -0.15) is 0 Å². The molecule has 4 heteroatoms. The van der Waals surface area contributed by atoms with Crippen LogP contribution < -0.4 is 5.32 Å². The second-order valence-corrected chi connectivity index (χ2v) is 6.24. The van der Waals surface area contributed by atoms with Gasteiger partial charge in [-0.25, -0.2) is 4.98 Å². The highest BCUT2D eigenvalue weighted by Gasteiger charge is 2.06. The average molecular weight is 311 g/mol. The fraction of sp³-hybridized carbons (Fsp3) is 0.308. The quantitative estimate of drug-likeness (QED) is 0.921. The van der Waals surface area contributed by atoms with E-state index >= 15 is 0 Å². The van der Waals surface area contributed by atoms with E-state index in [0.29, 0.717) is 6.04 Å². The van der Waals surface area contributed by atoms with Crippen LogP contribution in [0.5, 0.6) is 0 Å². The van der Waals surface area contributed by atoms with E-state index in [-0.39, 0.29) is 0 Å². The Morgan fingerprint density at radius 2 is 2.29 bits per heavy atom. The summed E-state index contributed by atoms with van der Waals surface area (Å²) in [5.74, 6) is 0. The summed E-state index contributed by atoms with van der Waals surface area (Å²) in [7, 11) is 0. The molecule has 17 heavy (non-hydrogen) atoms. The van der Waals surface area contributed by atoms with Crippen molar-refractivity contribution >= 4 is 27.3 Å². The van der Waals surface area contributed by atoms with Crippen molar-refractivity contribution in [2.24, 2.45) is 0 Å². The van der Waals surface area contributed by atoms with Crippen LogP contribution in [0.1, 0.15) is 28.4 Å². The first-order chi connectivity index (χ1) is 8.15. The zero-order valence-electron chi connectivity index (χ0n) is 9.90. The maximum Gasteiger partial charge on any atom is 0.0897 e. The molecule has 1 aromatic carbocycles. The summed E-state index contributed by atoms with van der Waals surface area (Å²) in [6.45, 7) is 5.08. The predicted octanol–water partition coefficient (Wildman–Crippen LogP) is 4.06. The number of nitrogens with zero attached hydrogens (tertiary/aromatic N) is 1. The number of aryl methyl sites for hydroxylation is 1. The zero-order valence-corrected chi connectivity index (χ0v) is 12.3. The maximum absolute atomic E-state index is 4.25. The molecule has 0 saturated heterocycles. The van der Waals surface area contributed by atoms with E-state index in [0.717, 1.165) is 16.0 Å². The summed E-state index contributed by atoms with van der Waals surface area (Å²) in [4.78, 5) is 5.53. The van der Waals surface area contributed by atoms with Crippen LogP contribution in [0.3, 0.4) is 0 Å². The van der Waals surface area contributed by atoms with E-state index in [1.165, 1.54) is 10.4 Å². The highest BCUT2D eigenvalue weighted by molar-refractivity contribution is 9.10. The van der Waals surface area contributed by atoms with Gasteiger partial charge < -0.3 is 5.32 Å². The van der Waals surface area contributed by atoms with Crippen molar-refractivity contribution in [3.8, 4) is 0 Å². The molecule has 0 fully saturated rings. The third-order valence-corrected chi connectivity index (χ3v) is 4.01. The van der Waals surface area contributed by atoms with Gasteiger partial charge in [-0.15, -0.1) is 11.3 Å². The zero-order chi connectivity index (χ0) is 12.3. The normalized spacial score (nSPS) is 12.6. The molecular weight excluding hydrogens is 296 g/mol. The number of rotatable bonds is 4. The highest BCUT2D eigenvalue weighted by Crippen LogP contribution is 2.19. The molecule has 0 aliphatic rings. The lowest BCUT2D eigenvalue weighted by Crippen LogP contribution is -2.17. The van der Waals surface area contributed by atoms with Gasteiger partial charge in [0.1, 0.15) is 0 Å². The average Bonchev–Trinajstić information content (AvgIpc) is 2.72. The van der Waals surface area contributed by atoms with E-state index in [1.807, 2.05) is 19.2 Å². The summed E-state index contributed by atoms with van der Waals surface area (Å²) in [5.41, 5.74) is 1.29. The highest BCUT2D eigenvalue weighted by atomic mass is 79.9. The molecule has 0 aliphatic carbocycles. The maximum atomic E-state index is 4.25. The van der Waals surface area contributed by atoms with Crippen LogP contribution in [0, 0.1) is 6.92 Å².